The van der Waals surface area contributed by atoms with E-state index < -0.39 is 23.4 Å². The van der Waals surface area contributed by atoms with Crippen LogP contribution in [0.2, 0.25) is 0 Å². The number of benzene rings is 3. The summed E-state index contributed by atoms with van der Waals surface area (Å²) in [6.45, 7) is 0.224. The molecule has 0 saturated carbocycles. The predicted octanol–water partition coefficient (Wildman–Crippen LogP) is 4.21. The SMILES string of the molecule is N#CC(C(=O)NCc1ccccc1)C(=O)c1nn(-c2ccc(F)cc2)c2c1COc1ccccc1-2. The lowest BCUT2D eigenvalue weighted by Crippen LogP contribution is -2.35. The number of para-hydroxylation sites is 1. The van der Waals surface area contributed by atoms with Crippen LogP contribution in [0.1, 0.15) is 21.6 Å². The Balaban J connectivity index is 1.53. The van der Waals surface area contributed by atoms with Crippen LogP contribution in [-0.4, -0.2) is 21.5 Å². The molecule has 1 amide bonds. The molecule has 0 saturated heterocycles. The fraction of sp³-hybridized carbons (Fsp3) is 0.111. The number of hydrogen-bond acceptors (Lipinski definition) is 5. The number of hydrogen-bond donors (Lipinski definition) is 1. The Hall–Kier alpha value is -4.77. The smallest absolute Gasteiger partial charge is 0.245 e. The van der Waals surface area contributed by atoms with E-state index >= 15 is 0 Å². The van der Waals surface area contributed by atoms with E-state index in [1.807, 2.05) is 54.6 Å². The molecule has 0 bridgehead atoms. The summed E-state index contributed by atoms with van der Waals surface area (Å²) in [5, 5.41) is 16.8. The molecule has 8 heteroatoms. The first-order valence-electron chi connectivity index (χ1n) is 10.9. The number of halogens is 1. The highest BCUT2D eigenvalue weighted by molar-refractivity contribution is 6.12. The zero-order chi connectivity index (χ0) is 24.4. The summed E-state index contributed by atoms with van der Waals surface area (Å²) in [4.78, 5) is 26.2. The third-order valence-electron chi connectivity index (χ3n) is 5.77. The number of Topliss-reactive ketones (excluding diaryl/α,β-unsaturated/α-hetero) is 1. The van der Waals surface area contributed by atoms with Crippen molar-refractivity contribution in [3.63, 3.8) is 0 Å². The molecule has 4 aromatic rings. The Morgan fingerprint density at radius 1 is 1.06 bits per heavy atom. The third kappa shape index (κ3) is 4.15. The van der Waals surface area contributed by atoms with E-state index in [0.29, 0.717) is 28.3 Å². The van der Waals surface area contributed by atoms with Crippen molar-refractivity contribution in [3.8, 4) is 28.8 Å². The molecule has 0 spiro atoms. The Morgan fingerprint density at radius 3 is 2.51 bits per heavy atom. The molecule has 0 fully saturated rings. The van der Waals surface area contributed by atoms with Gasteiger partial charge in [0.25, 0.3) is 0 Å². The Morgan fingerprint density at radius 2 is 1.77 bits per heavy atom. The molecule has 1 N–H and O–H groups in total. The molecule has 3 aromatic carbocycles. The second kappa shape index (κ2) is 9.23. The molecule has 1 unspecified atom stereocenters. The fourth-order valence-corrected chi connectivity index (χ4v) is 4.03. The molecular weight excluding hydrogens is 447 g/mol. The standard InChI is InChI=1S/C27H19FN4O3/c28-18-10-12-19(13-11-18)32-25-20-8-4-5-9-23(20)35-16-22(25)24(31-32)26(33)21(14-29)27(34)30-15-17-6-2-1-3-7-17/h1-13,21H,15-16H2,(H,30,34). The van der Waals surface area contributed by atoms with E-state index in [2.05, 4.69) is 10.4 Å². The summed E-state index contributed by atoms with van der Waals surface area (Å²) in [5.74, 6) is -2.81. The van der Waals surface area contributed by atoms with Gasteiger partial charge in [0, 0.05) is 17.7 Å². The lowest BCUT2D eigenvalue weighted by Gasteiger charge is -2.19. The largest absolute Gasteiger partial charge is 0.488 e. The van der Waals surface area contributed by atoms with E-state index in [0.717, 1.165) is 5.56 Å². The average molecular weight is 466 g/mol. The number of nitrogens with one attached hydrogen (secondary N) is 1. The molecular formula is C27H19FN4O3. The first kappa shape index (κ1) is 22.0. The van der Waals surface area contributed by atoms with Crippen LogP contribution in [0.4, 0.5) is 4.39 Å². The minimum absolute atomic E-state index is 0.0276. The molecule has 1 aliphatic heterocycles. The topological polar surface area (TPSA) is 97.0 Å². The summed E-state index contributed by atoms with van der Waals surface area (Å²) in [6, 6.07) is 24.0. The van der Waals surface area contributed by atoms with Crippen molar-refractivity contribution in [1.82, 2.24) is 15.1 Å². The fourth-order valence-electron chi connectivity index (χ4n) is 4.03. The van der Waals surface area contributed by atoms with Gasteiger partial charge >= 0.3 is 0 Å². The van der Waals surface area contributed by atoms with Gasteiger partial charge in [-0.1, -0.05) is 42.5 Å². The normalized spacial score (nSPS) is 12.5. The quantitative estimate of drug-likeness (QED) is 0.339. The van der Waals surface area contributed by atoms with Gasteiger partial charge in [-0.15, -0.1) is 0 Å². The van der Waals surface area contributed by atoms with Gasteiger partial charge in [0.2, 0.25) is 11.7 Å². The van der Waals surface area contributed by atoms with Crippen LogP contribution < -0.4 is 10.1 Å². The van der Waals surface area contributed by atoms with Gasteiger partial charge in [-0.25, -0.2) is 9.07 Å². The monoisotopic (exact) mass is 466 g/mol. The highest BCUT2D eigenvalue weighted by Crippen LogP contribution is 2.40. The van der Waals surface area contributed by atoms with Crippen molar-refractivity contribution in [2.45, 2.75) is 13.2 Å². The molecule has 1 aromatic heterocycles. The van der Waals surface area contributed by atoms with E-state index in [1.165, 1.54) is 16.8 Å². The molecule has 0 aliphatic carbocycles. The molecule has 7 nitrogen and oxygen atoms in total. The van der Waals surface area contributed by atoms with E-state index in [1.54, 1.807) is 18.2 Å². The van der Waals surface area contributed by atoms with Gasteiger partial charge < -0.3 is 10.1 Å². The number of rotatable bonds is 6. The van der Waals surface area contributed by atoms with Crippen molar-refractivity contribution < 1.29 is 18.7 Å². The Labute approximate surface area is 200 Å². The number of amides is 1. The van der Waals surface area contributed by atoms with Crippen molar-refractivity contribution >= 4 is 11.7 Å². The van der Waals surface area contributed by atoms with Crippen molar-refractivity contribution in [1.29, 1.82) is 5.26 Å². The number of aromatic nitrogens is 2. The molecule has 1 atom stereocenters. The summed E-state index contributed by atoms with van der Waals surface area (Å²) < 4.78 is 20.9. The maximum Gasteiger partial charge on any atom is 0.245 e. The van der Waals surface area contributed by atoms with Crippen molar-refractivity contribution in [2.75, 3.05) is 0 Å². The van der Waals surface area contributed by atoms with Crippen LogP contribution in [-0.2, 0) is 17.9 Å². The maximum atomic E-state index is 13.6. The van der Waals surface area contributed by atoms with E-state index in [4.69, 9.17) is 4.74 Å². The second-order valence-electron chi connectivity index (χ2n) is 7.98. The third-order valence-corrected chi connectivity index (χ3v) is 5.77. The van der Waals surface area contributed by atoms with Gasteiger partial charge in [-0.05, 0) is 42.0 Å². The molecule has 172 valence electrons. The zero-order valence-electron chi connectivity index (χ0n) is 18.4. The van der Waals surface area contributed by atoms with E-state index in [-0.39, 0.29) is 18.8 Å². The van der Waals surface area contributed by atoms with Crippen LogP contribution in [0.15, 0.2) is 78.9 Å². The molecule has 2 heterocycles. The number of ether oxygens (including phenoxy) is 1. The number of nitriles is 1. The lowest BCUT2D eigenvalue weighted by atomic mass is 9.96. The zero-order valence-corrected chi connectivity index (χ0v) is 18.4. The number of ketones is 1. The summed E-state index contributed by atoms with van der Waals surface area (Å²) in [7, 11) is 0. The first-order valence-corrected chi connectivity index (χ1v) is 10.9. The van der Waals surface area contributed by atoms with Gasteiger partial charge in [-0.3, -0.25) is 9.59 Å². The summed E-state index contributed by atoms with van der Waals surface area (Å²) in [5.41, 5.74) is 3.11. The van der Waals surface area contributed by atoms with Crippen LogP contribution in [0.5, 0.6) is 5.75 Å². The van der Waals surface area contributed by atoms with Crippen molar-refractivity contribution in [2.24, 2.45) is 5.92 Å². The molecule has 35 heavy (non-hydrogen) atoms. The van der Waals surface area contributed by atoms with Gasteiger partial charge in [0.1, 0.15) is 23.9 Å². The lowest BCUT2D eigenvalue weighted by molar-refractivity contribution is -0.122. The maximum absolute atomic E-state index is 13.6. The minimum atomic E-state index is -1.59. The molecule has 5 rings (SSSR count). The Kier molecular flexibility index (Phi) is 5.81. The van der Waals surface area contributed by atoms with Gasteiger partial charge in [0.15, 0.2) is 5.92 Å². The van der Waals surface area contributed by atoms with Crippen LogP contribution >= 0.6 is 0 Å². The summed E-state index contributed by atoms with van der Waals surface area (Å²) in [6.07, 6.45) is 0. The highest BCUT2D eigenvalue weighted by Gasteiger charge is 2.35. The predicted molar refractivity (Wildman–Crippen MR) is 125 cm³/mol. The van der Waals surface area contributed by atoms with Crippen LogP contribution in [0.3, 0.4) is 0 Å². The van der Waals surface area contributed by atoms with Crippen LogP contribution in [0.25, 0.3) is 16.9 Å². The average Bonchev–Trinajstić information content (AvgIpc) is 3.29. The highest BCUT2D eigenvalue weighted by atomic mass is 19.1. The number of fused-ring (bicyclic) bond motifs is 3. The Bertz CT molecular complexity index is 1460. The second-order valence-corrected chi connectivity index (χ2v) is 7.98. The van der Waals surface area contributed by atoms with E-state index in [9.17, 15) is 19.2 Å². The number of nitrogens with zero attached hydrogens (tertiary/aromatic N) is 3. The first-order chi connectivity index (χ1) is 17.1. The number of carbonyl (C=O) groups is 2. The van der Waals surface area contributed by atoms with Gasteiger partial charge in [-0.2, -0.15) is 10.4 Å². The molecule has 0 radical (unpaired) electrons. The molecule has 1 aliphatic rings. The summed E-state index contributed by atoms with van der Waals surface area (Å²) >= 11 is 0. The number of carbonyl (C=O) groups excluding carboxylic acids is 2. The van der Waals surface area contributed by atoms with Crippen molar-refractivity contribution in [3.05, 3.63) is 102 Å². The van der Waals surface area contributed by atoms with Gasteiger partial charge in [0.05, 0.1) is 17.5 Å². The van der Waals surface area contributed by atoms with Crippen LogP contribution in [0, 0.1) is 23.1 Å². The minimum Gasteiger partial charge on any atom is -0.488 e.